The molecule has 2 aromatic carbocycles. The van der Waals surface area contributed by atoms with Gasteiger partial charge >= 0.3 is 11.9 Å². The second-order valence-electron chi connectivity index (χ2n) is 7.56. The largest absolute Gasteiger partial charge is 0.468 e. The molecular formula is C24H23FO5. The number of fused-ring (bicyclic) bond motifs is 1. The van der Waals surface area contributed by atoms with Crippen LogP contribution >= 0.6 is 0 Å². The number of benzene rings is 2. The summed E-state index contributed by atoms with van der Waals surface area (Å²) < 4.78 is 29.7. The molecule has 5 nitrogen and oxygen atoms in total. The van der Waals surface area contributed by atoms with Gasteiger partial charge in [0.2, 0.25) is 11.4 Å². The zero-order chi connectivity index (χ0) is 21.3. The van der Waals surface area contributed by atoms with Crippen LogP contribution in [0.5, 0.6) is 0 Å². The number of esters is 2. The Labute approximate surface area is 174 Å². The Kier molecular flexibility index (Phi) is 5.33. The van der Waals surface area contributed by atoms with Crippen LogP contribution in [0.2, 0.25) is 0 Å². The molecule has 2 aromatic rings. The Morgan fingerprint density at radius 1 is 1.10 bits per heavy atom. The van der Waals surface area contributed by atoms with E-state index < -0.39 is 23.5 Å². The molecule has 2 aliphatic rings. The first-order chi connectivity index (χ1) is 14.5. The Bertz CT molecular complexity index is 969. The van der Waals surface area contributed by atoms with E-state index in [4.69, 9.17) is 14.2 Å². The number of hydrogen-bond acceptors (Lipinski definition) is 5. The number of hydrogen-bond donors (Lipinski definition) is 0. The molecule has 0 amide bonds. The molecule has 0 bridgehead atoms. The maximum Gasteiger partial charge on any atom is 0.373 e. The minimum absolute atomic E-state index is 0.0331. The Morgan fingerprint density at radius 3 is 2.43 bits per heavy atom. The average molecular weight is 410 g/mol. The van der Waals surface area contributed by atoms with Crippen LogP contribution in [0, 0.1) is 11.7 Å². The summed E-state index contributed by atoms with van der Waals surface area (Å²) >= 11 is 0. The Morgan fingerprint density at radius 2 is 1.80 bits per heavy atom. The fourth-order valence-electron chi connectivity index (χ4n) is 4.77. The molecule has 0 N–H and O–H groups in total. The van der Waals surface area contributed by atoms with E-state index in [9.17, 15) is 14.0 Å². The molecule has 30 heavy (non-hydrogen) atoms. The first kappa shape index (κ1) is 20.1. The third-order valence-electron chi connectivity index (χ3n) is 6.00. The summed E-state index contributed by atoms with van der Waals surface area (Å²) in [5.41, 5.74) is 0.571. The van der Waals surface area contributed by atoms with E-state index >= 15 is 0 Å². The lowest BCUT2D eigenvalue weighted by Gasteiger charge is -2.27. The van der Waals surface area contributed by atoms with Crippen LogP contribution in [-0.2, 0) is 23.8 Å². The highest BCUT2D eigenvalue weighted by atomic mass is 19.1. The van der Waals surface area contributed by atoms with Gasteiger partial charge in [0, 0.05) is 18.3 Å². The molecule has 156 valence electrons. The molecule has 1 aliphatic heterocycles. The van der Waals surface area contributed by atoms with Gasteiger partial charge in [-0.1, -0.05) is 42.5 Å². The van der Waals surface area contributed by atoms with E-state index in [-0.39, 0.29) is 30.0 Å². The number of halogens is 1. The van der Waals surface area contributed by atoms with Gasteiger partial charge < -0.3 is 14.2 Å². The lowest BCUT2D eigenvalue weighted by atomic mass is 9.78. The van der Waals surface area contributed by atoms with E-state index in [1.54, 1.807) is 25.1 Å². The van der Waals surface area contributed by atoms with Gasteiger partial charge in [0.15, 0.2) is 0 Å². The molecule has 1 saturated carbocycles. The average Bonchev–Trinajstić information content (AvgIpc) is 3.29. The van der Waals surface area contributed by atoms with Crippen molar-refractivity contribution < 1.29 is 28.2 Å². The van der Waals surface area contributed by atoms with Crippen LogP contribution in [0.15, 0.2) is 66.4 Å². The van der Waals surface area contributed by atoms with Gasteiger partial charge in [-0.3, -0.25) is 0 Å². The zero-order valence-corrected chi connectivity index (χ0v) is 16.8. The number of methoxy groups -OCH3 is 1. The minimum Gasteiger partial charge on any atom is -0.468 e. The van der Waals surface area contributed by atoms with Gasteiger partial charge in [-0.25, -0.2) is 14.0 Å². The summed E-state index contributed by atoms with van der Waals surface area (Å²) in [4.78, 5) is 25.3. The van der Waals surface area contributed by atoms with Gasteiger partial charge in [0.25, 0.3) is 0 Å². The Balaban J connectivity index is 1.83. The van der Waals surface area contributed by atoms with Crippen molar-refractivity contribution >= 4 is 11.9 Å². The molecule has 1 fully saturated rings. The summed E-state index contributed by atoms with van der Waals surface area (Å²) in [5.74, 6) is -2.14. The summed E-state index contributed by atoms with van der Waals surface area (Å²) in [5, 5.41) is 0. The third kappa shape index (κ3) is 3.26. The standard InChI is InChI=1S/C24H23FO5/c1-3-29-22(26)20-13-19-21(16-7-5-4-6-8-16)18(15-9-11-17(25)12-10-15)14-24(19,30-20)23(27)28-2/h4-13,18-19,21H,3,14H2,1-2H3/t18-,19?,21-,24-/m0/s1. The van der Waals surface area contributed by atoms with Gasteiger partial charge in [-0.15, -0.1) is 0 Å². The van der Waals surface area contributed by atoms with Crippen molar-refractivity contribution in [2.75, 3.05) is 13.7 Å². The highest BCUT2D eigenvalue weighted by molar-refractivity contribution is 5.91. The van der Waals surface area contributed by atoms with Crippen LogP contribution < -0.4 is 0 Å². The van der Waals surface area contributed by atoms with E-state index in [2.05, 4.69) is 0 Å². The smallest absolute Gasteiger partial charge is 0.373 e. The molecule has 4 rings (SSSR count). The van der Waals surface area contributed by atoms with Crippen molar-refractivity contribution in [1.82, 2.24) is 0 Å². The van der Waals surface area contributed by atoms with Crippen LogP contribution in [0.3, 0.4) is 0 Å². The quantitative estimate of drug-likeness (QED) is 0.695. The number of ether oxygens (including phenoxy) is 3. The molecule has 0 saturated heterocycles. The van der Waals surface area contributed by atoms with E-state index in [0.717, 1.165) is 11.1 Å². The summed E-state index contributed by atoms with van der Waals surface area (Å²) in [7, 11) is 1.31. The first-order valence-electron chi connectivity index (χ1n) is 9.97. The van der Waals surface area contributed by atoms with E-state index in [0.29, 0.717) is 6.42 Å². The highest BCUT2D eigenvalue weighted by Crippen LogP contribution is 2.60. The van der Waals surface area contributed by atoms with Crippen LogP contribution in [0.4, 0.5) is 4.39 Å². The third-order valence-corrected chi connectivity index (χ3v) is 6.00. The first-order valence-corrected chi connectivity index (χ1v) is 9.97. The van der Waals surface area contributed by atoms with Gasteiger partial charge in [0.1, 0.15) is 5.82 Å². The highest BCUT2D eigenvalue weighted by Gasteiger charge is 2.64. The molecule has 1 unspecified atom stereocenters. The van der Waals surface area contributed by atoms with Crippen molar-refractivity contribution in [1.29, 1.82) is 0 Å². The maximum absolute atomic E-state index is 13.5. The number of carbonyl (C=O) groups is 2. The van der Waals surface area contributed by atoms with E-state index in [1.807, 2.05) is 30.3 Å². The lowest BCUT2D eigenvalue weighted by molar-refractivity contribution is -0.167. The van der Waals surface area contributed by atoms with E-state index in [1.165, 1.54) is 19.2 Å². The molecule has 0 spiro atoms. The second-order valence-corrected chi connectivity index (χ2v) is 7.56. The maximum atomic E-state index is 13.5. The predicted molar refractivity (Wildman–Crippen MR) is 107 cm³/mol. The summed E-state index contributed by atoms with van der Waals surface area (Å²) in [6, 6.07) is 16.1. The fraction of sp³-hybridized carbons (Fsp3) is 0.333. The van der Waals surface area contributed by atoms with Crippen molar-refractivity contribution in [2.45, 2.75) is 30.8 Å². The van der Waals surface area contributed by atoms with Crippen LogP contribution in [0.1, 0.15) is 36.3 Å². The molecule has 0 aromatic heterocycles. The fourth-order valence-corrected chi connectivity index (χ4v) is 4.77. The molecule has 1 heterocycles. The summed E-state index contributed by atoms with van der Waals surface area (Å²) in [6.45, 7) is 1.91. The monoisotopic (exact) mass is 410 g/mol. The molecule has 4 atom stereocenters. The number of carbonyl (C=O) groups excluding carboxylic acids is 2. The molecule has 6 heteroatoms. The van der Waals surface area contributed by atoms with Crippen molar-refractivity contribution in [2.24, 2.45) is 5.92 Å². The van der Waals surface area contributed by atoms with Crippen LogP contribution in [0.25, 0.3) is 0 Å². The molecule has 0 radical (unpaired) electrons. The van der Waals surface area contributed by atoms with Gasteiger partial charge in [0.05, 0.1) is 13.7 Å². The lowest BCUT2D eigenvalue weighted by Crippen LogP contribution is -2.43. The topological polar surface area (TPSA) is 61.8 Å². The predicted octanol–water partition coefficient (Wildman–Crippen LogP) is 4.10. The zero-order valence-electron chi connectivity index (χ0n) is 16.8. The normalized spacial score (nSPS) is 27.0. The molecule has 1 aliphatic carbocycles. The second kappa shape index (κ2) is 7.94. The number of rotatable bonds is 5. The minimum atomic E-state index is -1.34. The van der Waals surface area contributed by atoms with Crippen molar-refractivity contribution in [3.63, 3.8) is 0 Å². The Hall–Kier alpha value is -3.15. The van der Waals surface area contributed by atoms with Gasteiger partial charge in [-0.05, 0) is 42.2 Å². The van der Waals surface area contributed by atoms with Crippen LogP contribution in [-0.4, -0.2) is 31.3 Å². The molecular weight excluding hydrogens is 387 g/mol. The summed E-state index contributed by atoms with van der Waals surface area (Å²) in [6.07, 6.45) is 1.99. The van der Waals surface area contributed by atoms with Crippen molar-refractivity contribution in [3.05, 3.63) is 83.4 Å². The van der Waals surface area contributed by atoms with Crippen molar-refractivity contribution in [3.8, 4) is 0 Å². The SMILES string of the molecule is CCOC(=O)C1=CC2[C@@H](c3ccccc3)[C@H](c3ccc(F)cc3)C[C@]2(C(=O)OC)O1. The van der Waals surface area contributed by atoms with Gasteiger partial charge in [-0.2, -0.15) is 0 Å².